The summed E-state index contributed by atoms with van der Waals surface area (Å²) in [5, 5.41) is 7.17. The molecule has 0 fully saturated rings. The molecule has 0 spiro atoms. The summed E-state index contributed by atoms with van der Waals surface area (Å²) in [5.74, 6) is -0.230. The first-order valence-corrected chi connectivity index (χ1v) is 7.70. The first-order chi connectivity index (χ1) is 10.6. The van der Waals surface area contributed by atoms with E-state index < -0.39 is 11.6 Å². The van der Waals surface area contributed by atoms with Gasteiger partial charge in [0.2, 0.25) is 0 Å². The van der Waals surface area contributed by atoms with E-state index in [4.69, 9.17) is 0 Å². The van der Waals surface area contributed by atoms with Gasteiger partial charge in [-0.3, -0.25) is 4.99 Å². The third-order valence-electron chi connectivity index (χ3n) is 2.99. The zero-order valence-electron chi connectivity index (χ0n) is 12.9. The second kappa shape index (κ2) is 9.76. The summed E-state index contributed by atoms with van der Waals surface area (Å²) in [6.45, 7) is 3.03. The molecule has 0 aliphatic carbocycles. The number of hydrogen-bond acceptors (Lipinski definition) is 3. The van der Waals surface area contributed by atoms with Gasteiger partial charge in [-0.1, -0.05) is 0 Å². The number of benzene rings is 1. The van der Waals surface area contributed by atoms with E-state index in [-0.39, 0.29) is 24.0 Å². The van der Waals surface area contributed by atoms with Gasteiger partial charge in [-0.25, -0.2) is 13.8 Å². The van der Waals surface area contributed by atoms with Crippen LogP contribution in [0.25, 0.3) is 0 Å². The number of halogens is 3. The van der Waals surface area contributed by atoms with Crippen LogP contribution in [-0.4, -0.2) is 24.5 Å². The van der Waals surface area contributed by atoms with E-state index in [1.807, 2.05) is 13.1 Å². The van der Waals surface area contributed by atoms with E-state index in [1.54, 1.807) is 18.4 Å². The highest BCUT2D eigenvalue weighted by atomic mass is 127. The summed E-state index contributed by atoms with van der Waals surface area (Å²) in [4.78, 5) is 9.49. The number of nitrogens with zero attached hydrogens (tertiary/aromatic N) is 2. The molecule has 0 amide bonds. The van der Waals surface area contributed by atoms with E-state index in [0.29, 0.717) is 31.0 Å². The molecule has 0 unspecified atom stereocenters. The highest BCUT2D eigenvalue weighted by molar-refractivity contribution is 14.0. The molecule has 0 atom stereocenters. The minimum absolute atomic E-state index is 0. The van der Waals surface area contributed by atoms with Gasteiger partial charge in [0.15, 0.2) is 5.96 Å². The van der Waals surface area contributed by atoms with Crippen LogP contribution in [0.3, 0.4) is 0 Å². The zero-order chi connectivity index (χ0) is 15.9. The average molecular weight is 452 g/mol. The number of nitrogens with one attached hydrogen (secondary N) is 2. The molecule has 2 N–H and O–H groups in total. The summed E-state index contributed by atoms with van der Waals surface area (Å²) in [6, 6.07) is 3.47. The monoisotopic (exact) mass is 452 g/mol. The molecule has 0 aliphatic heterocycles. The van der Waals surface area contributed by atoms with Crippen molar-refractivity contribution in [3.63, 3.8) is 0 Å². The smallest absolute Gasteiger partial charge is 0.191 e. The van der Waals surface area contributed by atoms with Crippen LogP contribution >= 0.6 is 35.3 Å². The van der Waals surface area contributed by atoms with Gasteiger partial charge in [0, 0.05) is 24.7 Å². The van der Waals surface area contributed by atoms with Crippen molar-refractivity contribution >= 4 is 41.3 Å². The molecule has 23 heavy (non-hydrogen) atoms. The van der Waals surface area contributed by atoms with Crippen LogP contribution in [0.15, 0.2) is 29.4 Å². The van der Waals surface area contributed by atoms with Gasteiger partial charge in [-0.05, 0) is 37.1 Å². The van der Waals surface area contributed by atoms with Gasteiger partial charge < -0.3 is 10.6 Å². The van der Waals surface area contributed by atoms with E-state index in [2.05, 4.69) is 20.6 Å². The number of aromatic nitrogens is 1. The topological polar surface area (TPSA) is 49.3 Å². The molecule has 0 aliphatic rings. The molecule has 1 heterocycles. The van der Waals surface area contributed by atoms with E-state index in [0.717, 1.165) is 22.0 Å². The lowest BCUT2D eigenvalue weighted by atomic mass is 10.1. The van der Waals surface area contributed by atoms with Gasteiger partial charge in [-0.15, -0.1) is 35.3 Å². The number of thiazole rings is 1. The van der Waals surface area contributed by atoms with Crippen molar-refractivity contribution < 1.29 is 8.78 Å². The minimum atomic E-state index is -0.432. The molecular weight excluding hydrogens is 433 g/mol. The predicted octanol–water partition coefficient (Wildman–Crippen LogP) is 3.26. The van der Waals surface area contributed by atoms with Crippen molar-refractivity contribution in [1.82, 2.24) is 15.6 Å². The molecule has 0 bridgehead atoms. The third kappa shape index (κ3) is 6.38. The van der Waals surface area contributed by atoms with Crippen LogP contribution in [-0.2, 0) is 13.0 Å². The first kappa shape index (κ1) is 19.8. The number of aliphatic imine (C=N–C) groups is 1. The Hall–Kier alpha value is -1.29. The quantitative estimate of drug-likeness (QED) is 0.416. The van der Waals surface area contributed by atoms with Crippen molar-refractivity contribution in [3.05, 3.63) is 51.5 Å². The summed E-state index contributed by atoms with van der Waals surface area (Å²) in [6.07, 6.45) is 2.20. The second-order valence-corrected chi connectivity index (χ2v) is 6.02. The standard InChI is InChI=1S/C15H18F2N4S.HI/c1-10-8-20-14(22-10)9-21-15(18-2)19-6-5-11-7-12(16)3-4-13(11)17;/h3-4,7-8H,5-6,9H2,1-2H3,(H2,18,19,21);1H. The number of aryl methyl sites for hydroxylation is 1. The third-order valence-corrected chi connectivity index (χ3v) is 3.91. The first-order valence-electron chi connectivity index (χ1n) is 6.88. The van der Waals surface area contributed by atoms with E-state index in [1.165, 1.54) is 6.07 Å². The Bertz CT molecular complexity index is 661. The number of guanidine groups is 1. The largest absolute Gasteiger partial charge is 0.356 e. The summed E-state index contributed by atoms with van der Waals surface area (Å²) in [7, 11) is 1.66. The van der Waals surface area contributed by atoms with Crippen molar-refractivity contribution in [2.45, 2.75) is 19.9 Å². The Labute approximate surface area is 155 Å². The minimum Gasteiger partial charge on any atom is -0.356 e. The highest BCUT2D eigenvalue weighted by Crippen LogP contribution is 2.11. The molecule has 4 nitrogen and oxygen atoms in total. The van der Waals surface area contributed by atoms with Gasteiger partial charge >= 0.3 is 0 Å². The fourth-order valence-electron chi connectivity index (χ4n) is 1.91. The van der Waals surface area contributed by atoms with Crippen LogP contribution in [0.4, 0.5) is 8.78 Å². The van der Waals surface area contributed by atoms with E-state index in [9.17, 15) is 8.78 Å². The van der Waals surface area contributed by atoms with Gasteiger partial charge in [0.25, 0.3) is 0 Å². The van der Waals surface area contributed by atoms with Crippen LogP contribution < -0.4 is 10.6 Å². The summed E-state index contributed by atoms with van der Waals surface area (Å²) < 4.78 is 26.6. The lowest BCUT2D eigenvalue weighted by molar-refractivity contribution is 0.583. The lowest BCUT2D eigenvalue weighted by Gasteiger charge is -2.11. The molecule has 2 aromatic rings. The Kier molecular flexibility index (Phi) is 8.38. The predicted molar refractivity (Wildman–Crippen MR) is 101 cm³/mol. The summed E-state index contributed by atoms with van der Waals surface area (Å²) in [5.41, 5.74) is 0.346. The molecule has 0 radical (unpaired) electrons. The SMILES string of the molecule is CN=C(NCCc1cc(F)ccc1F)NCc1ncc(C)s1.I. The highest BCUT2D eigenvalue weighted by Gasteiger charge is 2.05. The zero-order valence-corrected chi connectivity index (χ0v) is 16.0. The maximum absolute atomic E-state index is 13.5. The van der Waals surface area contributed by atoms with Crippen molar-refractivity contribution in [1.29, 1.82) is 0 Å². The Morgan fingerprint density at radius 1 is 1.30 bits per heavy atom. The van der Waals surface area contributed by atoms with Crippen molar-refractivity contribution in [3.8, 4) is 0 Å². The molecule has 0 saturated carbocycles. The molecule has 1 aromatic carbocycles. The number of hydrogen-bond donors (Lipinski definition) is 2. The molecule has 8 heteroatoms. The molecule has 2 rings (SSSR count). The fraction of sp³-hybridized carbons (Fsp3) is 0.333. The van der Waals surface area contributed by atoms with Gasteiger partial charge in [0.05, 0.1) is 6.54 Å². The van der Waals surface area contributed by atoms with E-state index >= 15 is 0 Å². The maximum atomic E-state index is 13.5. The summed E-state index contributed by atoms with van der Waals surface area (Å²) >= 11 is 1.62. The second-order valence-electron chi connectivity index (χ2n) is 4.70. The molecule has 1 aromatic heterocycles. The lowest BCUT2D eigenvalue weighted by Crippen LogP contribution is -2.37. The number of rotatable bonds is 5. The Morgan fingerprint density at radius 3 is 2.74 bits per heavy atom. The fourth-order valence-corrected chi connectivity index (χ4v) is 2.64. The maximum Gasteiger partial charge on any atom is 0.191 e. The van der Waals surface area contributed by atoms with Crippen LogP contribution in [0.2, 0.25) is 0 Å². The van der Waals surface area contributed by atoms with Crippen LogP contribution in [0, 0.1) is 18.6 Å². The van der Waals surface area contributed by atoms with Gasteiger partial charge in [-0.2, -0.15) is 0 Å². The molecular formula is C15H19F2IN4S. The van der Waals surface area contributed by atoms with Gasteiger partial charge in [0.1, 0.15) is 16.6 Å². The Balaban J connectivity index is 0.00000264. The normalized spacial score (nSPS) is 11.0. The average Bonchev–Trinajstić information content (AvgIpc) is 2.91. The van der Waals surface area contributed by atoms with Crippen molar-refractivity contribution in [2.75, 3.05) is 13.6 Å². The van der Waals surface area contributed by atoms with Crippen molar-refractivity contribution in [2.24, 2.45) is 4.99 Å². The van der Waals surface area contributed by atoms with Crippen LogP contribution in [0.1, 0.15) is 15.4 Å². The Morgan fingerprint density at radius 2 is 2.09 bits per heavy atom. The molecule has 0 saturated heterocycles. The molecule has 126 valence electrons. The van der Waals surface area contributed by atoms with Crippen LogP contribution in [0.5, 0.6) is 0 Å².